The minimum absolute atomic E-state index is 0.0763. The van der Waals surface area contributed by atoms with Crippen LogP contribution in [0.15, 0.2) is 60.9 Å². The summed E-state index contributed by atoms with van der Waals surface area (Å²) in [7, 11) is 1.35. The molecule has 31 heavy (non-hydrogen) atoms. The van der Waals surface area contributed by atoms with Crippen molar-refractivity contribution in [1.29, 1.82) is 0 Å². The number of carbonyl (C=O) groups excluding carboxylic acids is 2. The van der Waals surface area contributed by atoms with Crippen LogP contribution in [0, 0.1) is 0 Å². The maximum absolute atomic E-state index is 13.4. The van der Waals surface area contributed by atoms with E-state index >= 15 is 0 Å². The lowest BCUT2D eigenvalue weighted by Gasteiger charge is -2.38. The number of carbonyl (C=O) groups is 2. The Morgan fingerprint density at radius 3 is 2.58 bits per heavy atom. The fraction of sp³-hybridized carbons (Fsp3) is 0.304. The highest BCUT2D eigenvalue weighted by molar-refractivity contribution is 5.98. The number of piperidine rings is 1. The molecule has 0 bridgehead atoms. The third-order valence-corrected chi connectivity index (χ3v) is 5.43. The second-order valence-electron chi connectivity index (χ2n) is 7.48. The first-order valence-electron chi connectivity index (χ1n) is 10.2. The average molecular weight is 420 g/mol. The molecule has 2 atom stereocenters. The van der Waals surface area contributed by atoms with E-state index in [4.69, 9.17) is 9.47 Å². The van der Waals surface area contributed by atoms with Gasteiger partial charge < -0.3 is 14.4 Å². The van der Waals surface area contributed by atoms with Gasteiger partial charge in [-0.05, 0) is 50.1 Å². The van der Waals surface area contributed by atoms with Crippen LogP contribution in [0.25, 0.3) is 5.69 Å². The zero-order valence-electron chi connectivity index (χ0n) is 17.5. The molecule has 160 valence electrons. The molecule has 1 saturated heterocycles. The van der Waals surface area contributed by atoms with E-state index in [2.05, 4.69) is 10.2 Å². The lowest BCUT2D eigenvalue weighted by atomic mass is 9.99. The number of ether oxygens (including phenoxy) is 2. The van der Waals surface area contributed by atoms with Crippen LogP contribution in [-0.2, 0) is 4.74 Å². The maximum Gasteiger partial charge on any atom is 0.337 e. The molecule has 2 aromatic carbocycles. The van der Waals surface area contributed by atoms with E-state index in [1.807, 2.05) is 30.0 Å². The quantitative estimate of drug-likeness (QED) is 0.590. The van der Waals surface area contributed by atoms with Gasteiger partial charge in [-0.15, -0.1) is 0 Å². The van der Waals surface area contributed by atoms with Crippen molar-refractivity contribution in [2.24, 2.45) is 0 Å². The van der Waals surface area contributed by atoms with Crippen molar-refractivity contribution in [3.8, 4) is 11.4 Å². The summed E-state index contributed by atoms with van der Waals surface area (Å²) in [5, 5.41) is 8.33. The van der Waals surface area contributed by atoms with Crippen molar-refractivity contribution in [1.82, 2.24) is 19.9 Å². The van der Waals surface area contributed by atoms with Crippen molar-refractivity contribution in [3.05, 3.63) is 72.1 Å². The summed E-state index contributed by atoms with van der Waals surface area (Å²) in [6, 6.07) is 14.3. The molecule has 0 saturated carbocycles. The number of nitrogens with zero attached hydrogens (tertiary/aromatic N) is 4. The van der Waals surface area contributed by atoms with E-state index in [0.29, 0.717) is 29.1 Å². The highest BCUT2D eigenvalue weighted by Crippen LogP contribution is 2.26. The molecule has 0 N–H and O–H groups in total. The number of amides is 1. The topological polar surface area (TPSA) is 86.5 Å². The number of benzene rings is 2. The van der Waals surface area contributed by atoms with Gasteiger partial charge in [0.15, 0.2) is 0 Å². The molecule has 3 aromatic rings. The summed E-state index contributed by atoms with van der Waals surface area (Å²) in [4.78, 5) is 28.5. The fourth-order valence-electron chi connectivity index (χ4n) is 3.78. The zero-order valence-corrected chi connectivity index (χ0v) is 17.5. The normalized spacial score (nSPS) is 18.5. The molecular weight excluding hydrogens is 396 g/mol. The van der Waals surface area contributed by atoms with Gasteiger partial charge in [-0.25, -0.2) is 4.79 Å². The number of hydrogen-bond donors (Lipinski definition) is 0. The van der Waals surface area contributed by atoms with Crippen molar-refractivity contribution >= 4 is 11.9 Å². The van der Waals surface area contributed by atoms with Gasteiger partial charge in [0, 0.05) is 6.04 Å². The van der Waals surface area contributed by atoms with Crippen molar-refractivity contribution < 1.29 is 19.1 Å². The number of likely N-dealkylation sites (tertiary alicyclic amines) is 1. The number of para-hydroxylation sites is 1. The minimum atomic E-state index is -0.414. The minimum Gasteiger partial charge on any atom is -0.489 e. The van der Waals surface area contributed by atoms with E-state index in [1.165, 1.54) is 11.9 Å². The van der Waals surface area contributed by atoms with E-state index in [1.54, 1.807) is 42.7 Å². The molecule has 1 aromatic heterocycles. The Bertz CT molecular complexity index is 1070. The zero-order chi connectivity index (χ0) is 21.8. The molecule has 8 heteroatoms. The van der Waals surface area contributed by atoms with E-state index in [0.717, 1.165) is 12.8 Å². The number of rotatable bonds is 5. The Balaban J connectivity index is 1.53. The van der Waals surface area contributed by atoms with E-state index < -0.39 is 5.97 Å². The molecule has 1 amide bonds. The maximum atomic E-state index is 13.4. The van der Waals surface area contributed by atoms with Gasteiger partial charge in [0.2, 0.25) is 0 Å². The smallest absolute Gasteiger partial charge is 0.337 e. The van der Waals surface area contributed by atoms with E-state index in [-0.39, 0.29) is 18.1 Å². The summed E-state index contributed by atoms with van der Waals surface area (Å²) in [6.07, 6.45) is 4.61. The van der Waals surface area contributed by atoms with Crippen molar-refractivity contribution in [3.63, 3.8) is 0 Å². The first kappa shape index (κ1) is 20.6. The Labute approximate surface area is 180 Å². The van der Waals surface area contributed by atoms with Gasteiger partial charge in [-0.3, -0.25) is 4.79 Å². The summed E-state index contributed by atoms with van der Waals surface area (Å²) in [5.41, 5.74) is 1.61. The SMILES string of the molecule is COC(=O)c1cccc(O[C@@H]2CC[C@@H](C)N(C(=O)c3ccccc3-n3nccn3)C2)c1. The molecule has 0 radical (unpaired) electrons. The second-order valence-corrected chi connectivity index (χ2v) is 7.48. The second kappa shape index (κ2) is 8.99. The lowest BCUT2D eigenvalue weighted by Crippen LogP contribution is -2.49. The van der Waals surface area contributed by atoms with Crippen LogP contribution in [0.2, 0.25) is 0 Å². The standard InChI is InChI=1S/C23H24N4O4/c1-16-10-11-19(31-18-7-5-6-17(14-18)23(29)30-2)15-26(16)22(28)20-8-3-4-9-21(20)27-24-12-13-25-27/h3-9,12-14,16,19H,10-11,15H2,1-2H3/t16-,19-/m1/s1. The van der Waals surface area contributed by atoms with Crippen LogP contribution in [0.1, 0.15) is 40.5 Å². The number of aromatic nitrogens is 3. The highest BCUT2D eigenvalue weighted by Gasteiger charge is 2.32. The Morgan fingerprint density at radius 2 is 1.81 bits per heavy atom. The summed E-state index contributed by atoms with van der Waals surface area (Å²) in [6.45, 7) is 2.49. The average Bonchev–Trinajstić information content (AvgIpc) is 3.34. The fourth-order valence-corrected chi connectivity index (χ4v) is 3.78. The van der Waals surface area contributed by atoms with Crippen LogP contribution in [0.4, 0.5) is 0 Å². The van der Waals surface area contributed by atoms with Crippen LogP contribution < -0.4 is 4.74 Å². The van der Waals surface area contributed by atoms with Gasteiger partial charge in [0.05, 0.1) is 42.9 Å². The summed E-state index contributed by atoms with van der Waals surface area (Å²) in [5.74, 6) is 0.0800. The Morgan fingerprint density at radius 1 is 1.03 bits per heavy atom. The number of methoxy groups -OCH3 is 1. The van der Waals surface area contributed by atoms with Gasteiger partial charge in [0.1, 0.15) is 11.9 Å². The Hall–Kier alpha value is -3.68. The van der Waals surface area contributed by atoms with Crippen LogP contribution in [0.3, 0.4) is 0 Å². The van der Waals surface area contributed by atoms with Crippen molar-refractivity contribution in [2.75, 3.05) is 13.7 Å². The molecule has 2 heterocycles. The van der Waals surface area contributed by atoms with Crippen molar-refractivity contribution in [2.45, 2.75) is 31.9 Å². The first-order chi connectivity index (χ1) is 15.1. The largest absolute Gasteiger partial charge is 0.489 e. The van der Waals surface area contributed by atoms with Crippen LogP contribution >= 0.6 is 0 Å². The highest BCUT2D eigenvalue weighted by atomic mass is 16.5. The first-order valence-corrected chi connectivity index (χ1v) is 10.2. The molecule has 1 fully saturated rings. The monoisotopic (exact) mass is 420 g/mol. The Kier molecular flexibility index (Phi) is 5.97. The molecular formula is C23H24N4O4. The molecule has 1 aliphatic rings. The number of esters is 1. The molecule has 0 spiro atoms. The molecule has 4 rings (SSSR count). The third kappa shape index (κ3) is 4.42. The van der Waals surface area contributed by atoms with Gasteiger partial charge in [-0.1, -0.05) is 18.2 Å². The third-order valence-electron chi connectivity index (χ3n) is 5.43. The van der Waals surface area contributed by atoms with Crippen LogP contribution in [0.5, 0.6) is 5.75 Å². The predicted molar refractivity (Wildman–Crippen MR) is 113 cm³/mol. The predicted octanol–water partition coefficient (Wildman–Crippen LogP) is 3.13. The summed E-state index contributed by atoms with van der Waals surface area (Å²) < 4.78 is 10.9. The van der Waals surface area contributed by atoms with E-state index in [9.17, 15) is 9.59 Å². The van der Waals surface area contributed by atoms with Crippen LogP contribution in [-0.4, -0.2) is 57.6 Å². The lowest BCUT2D eigenvalue weighted by molar-refractivity contribution is 0.0384. The molecule has 0 aliphatic carbocycles. The molecule has 8 nitrogen and oxygen atoms in total. The molecule has 1 aliphatic heterocycles. The molecule has 0 unspecified atom stereocenters. The van der Waals surface area contributed by atoms with Gasteiger partial charge >= 0.3 is 5.97 Å². The van der Waals surface area contributed by atoms with Gasteiger partial charge in [0.25, 0.3) is 5.91 Å². The number of hydrogen-bond acceptors (Lipinski definition) is 6. The van der Waals surface area contributed by atoms with Gasteiger partial charge in [-0.2, -0.15) is 15.0 Å². The summed E-state index contributed by atoms with van der Waals surface area (Å²) >= 11 is 0.